The second kappa shape index (κ2) is 9.58. The molecule has 0 spiro atoms. The van der Waals surface area contributed by atoms with Crippen LogP contribution in [0, 0.1) is 11.3 Å². The Morgan fingerprint density at radius 2 is 1.85 bits per heavy atom. The van der Waals surface area contributed by atoms with Gasteiger partial charge in [-0.15, -0.1) is 0 Å². The van der Waals surface area contributed by atoms with Crippen molar-refractivity contribution in [3.05, 3.63) is 65.9 Å². The number of amides is 2. The van der Waals surface area contributed by atoms with Crippen molar-refractivity contribution in [1.29, 1.82) is 0 Å². The molecular weight excluding hydrogens is 428 g/mol. The van der Waals surface area contributed by atoms with Crippen molar-refractivity contribution in [3.63, 3.8) is 0 Å². The van der Waals surface area contributed by atoms with E-state index in [2.05, 4.69) is 23.2 Å². The minimum absolute atomic E-state index is 0.0479. The van der Waals surface area contributed by atoms with Crippen LogP contribution in [0.2, 0.25) is 0 Å². The van der Waals surface area contributed by atoms with Crippen molar-refractivity contribution in [3.8, 4) is 0 Å². The molecule has 2 amide bonds. The smallest absolute Gasteiger partial charge is 0.253 e. The molecule has 1 aromatic heterocycles. The number of likely N-dealkylation sites (tertiary alicyclic amines) is 1. The summed E-state index contributed by atoms with van der Waals surface area (Å²) in [6, 6.07) is 15.6. The third kappa shape index (κ3) is 4.57. The molecule has 0 bridgehead atoms. The van der Waals surface area contributed by atoms with Crippen molar-refractivity contribution < 1.29 is 14.3 Å². The molecule has 7 nitrogen and oxygen atoms in total. The number of hydrogen-bond acceptors (Lipinski definition) is 4. The summed E-state index contributed by atoms with van der Waals surface area (Å²) >= 11 is 0. The fraction of sp³-hybridized carbons (Fsp3) is 0.444. The molecule has 2 aliphatic heterocycles. The van der Waals surface area contributed by atoms with E-state index < -0.39 is 5.41 Å². The summed E-state index contributed by atoms with van der Waals surface area (Å²) in [5.74, 6) is 0.471. The summed E-state index contributed by atoms with van der Waals surface area (Å²) in [5, 5.41) is 8.34. The van der Waals surface area contributed by atoms with E-state index in [1.165, 1.54) is 5.56 Å². The molecule has 1 atom stereocenters. The van der Waals surface area contributed by atoms with E-state index in [1.54, 1.807) is 0 Å². The lowest BCUT2D eigenvalue weighted by molar-refractivity contribution is -0.144. The van der Waals surface area contributed by atoms with E-state index in [0.29, 0.717) is 57.8 Å². The SMILES string of the molecule is CC1(C(=O)N2CCOC[C@@H](Cc3cccc4[nH]ncc34)C2)CCN(C(=O)c2ccccc2)CC1. The Morgan fingerprint density at radius 1 is 1.06 bits per heavy atom. The second-order valence-corrected chi connectivity index (χ2v) is 9.86. The molecule has 5 rings (SSSR count). The lowest BCUT2D eigenvalue weighted by Crippen LogP contribution is -2.51. The average Bonchev–Trinajstić information content (AvgIpc) is 3.24. The summed E-state index contributed by atoms with van der Waals surface area (Å²) in [6.45, 7) is 5.79. The topological polar surface area (TPSA) is 78.5 Å². The van der Waals surface area contributed by atoms with Gasteiger partial charge in [-0.25, -0.2) is 0 Å². The highest BCUT2D eigenvalue weighted by Crippen LogP contribution is 2.34. The zero-order valence-electron chi connectivity index (χ0n) is 19.7. The quantitative estimate of drug-likeness (QED) is 0.646. The van der Waals surface area contributed by atoms with Gasteiger partial charge in [0.15, 0.2) is 0 Å². The minimum atomic E-state index is -0.451. The second-order valence-electron chi connectivity index (χ2n) is 9.86. The fourth-order valence-electron chi connectivity index (χ4n) is 5.27. The highest BCUT2D eigenvalue weighted by molar-refractivity contribution is 5.94. The lowest BCUT2D eigenvalue weighted by atomic mass is 9.78. The number of carbonyl (C=O) groups is 2. The summed E-state index contributed by atoms with van der Waals surface area (Å²) in [7, 11) is 0. The number of fused-ring (bicyclic) bond motifs is 1. The van der Waals surface area contributed by atoms with Gasteiger partial charge in [-0.3, -0.25) is 14.7 Å². The van der Waals surface area contributed by atoms with E-state index in [1.807, 2.05) is 58.5 Å². The third-order valence-electron chi connectivity index (χ3n) is 7.40. The Morgan fingerprint density at radius 3 is 2.65 bits per heavy atom. The van der Waals surface area contributed by atoms with Crippen molar-refractivity contribution in [2.45, 2.75) is 26.2 Å². The summed E-state index contributed by atoms with van der Waals surface area (Å²) in [5.41, 5.74) is 2.52. The Kier molecular flexibility index (Phi) is 6.37. The number of rotatable bonds is 4. The highest BCUT2D eigenvalue weighted by Gasteiger charge is 2.41. The van der Waals surface area contributed by atoms with E-state index in [0.717, 1.165) is 17.3 Å². The largest absolute Gasteiger partial charge is 0.379 e. The molecule has 3 aromatic rings. The van der Waals surface area contributed by atoms with Gasteiger partial charge in [-0.05, 0) is 43.0 Å². The lowest BCUT2D eigenvalue weighted by Gasteiger charge is -2.41. The predicted molar refractivity (Wildman–Crippen MR) is 130 cm³/mol. The molecule has 2 aromatic carbocycles. The van der Waals surface area contributed by atoms with Gasteiger partial charge in [-0.1, -0.05) is 37.3 Å². The number of piperidine rings is 1. The Balaban J connectivity index is 1.23. The first-order chi connectivity index (χ1) is 16.5. The van der Waals surface area contributed by atoms with Crippen LogP contribution in [0.5, 0.6) is 0 Å². The molecule has 2 saturated heterocycles. The fourth-order valence-corrected chi connectivity index (χ4v) is 5.27. The molecule has 2 aliphatic rings. The number of nitrogens with zero attached hydrogens (tertiary/aromatic N) is 3. The molecule has 0 saturated carbocycles. The number of H-pyrrole nitrogens is 1. The van der Waals surface area contributed by atoms with Crippen LogP contribution in [0.3, 0.4) is 0 Å². The Hall–Kier alpha value is -3.19. The van der Waals surface area contributed by atoms with E-state index >= 15 is 0 Å². The van der Waals surface area contributed by atoms with Crippen LogP contribution in [0.15, 0.2) is 54.7 Å². The van der Waals surface area contributed by atoms with Crippen molar-refractivity contribution in [1.82, 2.24) is 20.0 Å². The number of carbonyl (C=O) groups excluding carboxylic acids is 2. The van der Waals surface area contributed by atoms with Crippen LogP contribution in [0.1, 0.15) is 35.7 Å². The maximum Gasteiger partial charge on any atom is 0.253 e. The molecule has 1 N–H and O–H groups in total. The van der Waals surface area contributed by atoms with Gasteiger partial charge in [0, 0.05) is 48.5 Å². The summed E-state index contributed by atoms with van der Waals surface area (Å²) in [4.78, 5) is 30.4. The monoisotopic (exact) mass is 460 g/mol. The van der Waals surface area contributed by atoms with Crippen LogP contribution in [0.25, 0.3) is 10.9 Å². The zero-order chi connectivity index (χ0) is 23.5. The number of benzene rings is 2. The zero-order valence-corrected chi connectivity index (χ0v) is 19.7. The van der Waals surface area contributed by atoms with Gasteiger partial charge in [0.2, 0.25) is 5.91 Å². The van der Waals surface area contributed by atoms with Gasteiger partial charge < -0.3 is 14.5 Å². The summed E-state index contributed by atoms with van der Waals surface area (Å²) < 4.78 is 5.90. The van der Waals surface area contributed by atoms with Crippen LogP contribution in [-0.2, 0) is 16.0 Å². The molecule has 178 valence electrons. The maximum absolute atomic E-state index is 13.7. The molecule has 3 heterocycles. The summed E-state index contributed by atoms with van der Waals surface area (Å²) in [6.07, 6.45) is 4.08. The van der Waals surface area contributed by atoms with Crippen LogP contribution < -0.4 is 0 Å². The Labute approximate surface area is 200 Å². The molecule has 0 radical (unpaired) electrons. The number of nitrogens with one attached hydrogen (secondary N) is 1. The van der Waals surface area contributed by atoms with Crippen molar-refractivity contribution in [2.75, 3.05) is 39.4 Å². The maximum atomic E-state index is 13.7. The normalized spacial score (nSPS) is 20.8. The van der Waals surface area contributed by atoms with Gasteiger partial charge in [0.05, 0.1) is 24.9 Å². The van der Waals surface area contributed by atoms with E-state index in [9.17, 15) is 9.59 Å². The van der Waals surface area contributed by atoms with Gasteiger partial charge >= 0.3 is 0 Å². The molecule has 0 aliphatic carbocycles. The third-order valence-corrected chi connectivity index (χ3v) is 7.40. The molecule has 7 heteroatoms. The van der Waals surface area contributed by atoms with Gasteiger partial charge in [-0.2, -0.15) is 5.10 Å². The van der Waals surface area contributed by atoms with Gasteiger partial charge in [0.1, 0.15) is 0 Å². The highest BCUT2D eigenvalue weighted by atomic mass is 16.5. The first-order valence-electron chi connectivity index (χ1n) is 12.2. The molecule has 34 heavy (non-hydrogen) atoms. The van der Waals surface area contributed by atoms with Gasteiger partial charge in [0.25, 0.3) is 5.91 Å². The Bertz CT molecular complexity index is 1150. The van der Waals surface area contributed by atoms with Crippen molar-refractivity contribution in [2.24, 2.45) is 11.3 Å². The number of hydrogen-bond donors (Lipinski definition) is 1. The van der Waals surface area contributed by atoms with Crippen LogP contribution in [-0.4, -0.2) is 71.2 Å². The number of aromatic nitrogens is 2. The number of aromatic amines is 1. The minimum Gasteiger partial charge on any atom is -0.379 e. The molecule has 2 fully saturated rings. The predicted octanol–water partition coefficient (Wildman–Crippen LogP) is 3.52. The first-order valence-corrected chi connectivity index (χ1v) is 12.2. The molecular formula is C27H32N4O3. The van der Waals surface area contributed by atoms with Crippen LogP contribution >= 0.6 is 0 Å². The van der Waals surface area contributed by atoms with Crippen LogP contribution in [0.4, 0.5) is 0 Å². The number of ether oxygens (including phenoxy) is 1. The molecule has 0 unspecified atom stereocenters. The standard InChI is InChI=1S/C27H32N4O3/c1-27(10-12-30(13-11-27)25(32)21-6-3-2-4-7-21)26(33)31-14-15-34-19-20(18-31)16-22-8-5-9-24-23(22)17-28-29-24/h2-9,17,20H,10-16,18-19H2,1H3,(H,28,29)/t20-/m0/s1. The van der Waals surface area contributed by atoms with Crippen molar-refractivity contribution >= 4 is 22.7 Å². The first kappa shape index (κ1) is 22.6. The average molecular weight is 461 g/mol. The van der Waals surface area contributed by atoms with E-state index in [-0.39, 0.29) is 17.7 Å². The van der Waals surface area contributed by atoms with E-state index in [4.69, 9.17) is 4.74 Å².